The highest BCUT2D eigenvalue weighted by molar-refractivity contribution is 6.33. The van der Waals surface area contributed by atoms with Crippen LogP contribution >= 0.6 is 11.6 Å². The van der Waals surface area contributed by atoms with Crippen LogP contribution in [0, 0.1) is 0 Å². The SMILES string of the molecule is O=C(O)c1ccc(O)c(C=NNc2ccccc2Cl)c1. The predicted molar refractivity (Wildman–Crippen MR) is 77.7 cm³/mol. The number of rotatable bonds is 4. The van der Waals surface area contributed by atoms with Crippen LogP contribution < -0.4 is 5.43 Å². The van der Waals surface area contributed by atoms with Crippen molar-refractivity contribution < 1.29 is 15.0 Å². The summed E-state index contributed by atoms with van der Waals surface area (Å²) in [5.41, 5.74) is 3.69. The highest BCUT2D eigenvalue weighted by atomic mass is 35.5. The molecule has 2 rings (SSSR count). The molecule has 0 amide bonds. The maximum Gasteiger partial charge on any atom is 0.335 e. The molecule has 0 unspecified atom stereocenters. The van der Waals surface area contributed by atoms with Gasteiger partial charge >= 0.3 is 5.97 Å². The highest BCUT2D eigenvalue weighted by Crippen LogP contribution is 2.21. The number of carboxylic acids is 1. The van der Waals surface area contributed by atoms with E-state index in [2.05, 4.69) is 10.5 Å². The molecule has 0 fully saturated rings. The summed E-state index contributed by atoms with van der Waals surface area (Å²) in [4.78, 5) is 10.8. The van der Waals surface area contributed by atoms with E-state index >= 15 is 0 Å². The van der Waals surface area contributed by atoms with Gasteiger partial charge in [-0.3, -0.25) is 5.43 Å². The van der Waals surface area contributed by atoms with Crippen LogP contribution in [-0.2, 0) is 0 Å². The highest BCUT2D eigenvalue weighted by Gasteiger charge is 2.06. The van der Waals surface area contributed by atoms with Crippen molar-refractivity contribution in [3.63, 3.8) is 0 Å². The average molecular weight is 291 g/mol. The lowest BCUT2D eigenvalue weighted by Crippen LogP contribution is -1.98. The van der Waals surface area contributed by atoms with Gasteiger partial charge in [0.15, 0.2) is 0 Å². The summed E-state index contributed by atoms with van der Waals surface area (Å²) in [7, 11) is 0. The van der Waals surface area contributed by atoms with Gasteiger partial charge in [0, 0.05) is 5.56 Å². The Morgan fingerprint density at radius 2 is 2.00 bits per heavy atom. The summed E-state index contributed by atoms with van der Waals surface area (Å²) < 4.78 is 0. The monoisotopic (exact) mass is 290 g/mol. The molecule has 102 valence electrons. The van der Waals surface area contributed by atoms with Crippen molar-refractivity contribution in [2.24, 2.45) is 5.10 Å². The van der Waals surface area contributed by atoms with E-state index in [9.17, 15) is 9.90 Å². The predicted octanol–water partition coefficient (Wildman–Crippen LogP) is 3.19. The molecule has 0 saturated carbocycles. The fourth-order valence-electron chi connectivity index (χ4n) is 1.51. The molecule has 2 aromatic rings. The van der Waals surface area contributed by atoms with Gasteiger partial charge in [-0.25, -0.2) is 4.79 Å². The third kappa shape index (κ3) is 3.27. The summed E-state index contributed by atoms with van der Waals surface area (Å²) in [5.74, 6) is -1.13. The molecule has 6 heteroatoms. The van der Waals surface area contributed by atoms with E-state index in [1.165, 1.54) is 24.4 Å². The van der Waals surface area contributed by atoms with E-state index in [-0.39, 0.29) is 11.3 Å². The number of carboxylic acid groups (broad SMARTS) is 1. The maximum atomic E-state index is 10.8. The summed E-state index contributed by atoms with van der Waals surface area (Å²) in [5, 5.41) is 22.9. The number of hydrogen-bond acceptors (Lipinski definition) is 4. The van der Waals surface area contributed by atoms with Gasteiger partial charge in [-0.1, -0.05) is 23.7 Å². The van der Waals surface area contributed by atoms with Gasteiger partial charge in [-0.15, -0.1) is 0 Å². The Balaban J connectivity index is 2.17. The number of phenolic OH excluding ortho intramolecular Hbond substituents is 1. The van der Waals surface area contributed by atoms with Gasteiger partial charge in [-0.05, 0) is 30.3 Å². The molecular formula is C14H11ClN2O3. The number of para-hydroxylation sites is 1. The van der Waals surface area contributed by atoms with Gasteiger partial charge in [-0.2, -0.15) is 5.10 Å². The summed E-state index contributed by atoms with van der Waals surface area (Å²) >= 11 is 5.94. The summed E-state index contributed by atoms with van der Waals surface area (Å²) in [6.45, 7) is 0. The van der Waals surface area contributed by atoms with Crippen molar-refractivity contribution in [3.05, 3.63) is 58.6 Å². The van der Waals surface area contributed by atoms with Crippen LogP contribution in [0.3, 0.4) is 0 Å². The lowest BCUT2D eigenvalue weighted by molar-refractivity contribution is 0.0697. The van der Waals surface area contributed by atoms with E-state index in [4.69, 9.17) is 16.7 Å². The number of phenols is 1. The van der Waals surface area contributed by atoms with E-state index in [0.29, 0.717) is 16.3 Å². The number of carbonyl (C=O) groups is 1. The number of hydrogen-bond donors (Lipinski definition) is 3. The maximum absolute atomic E-state index is 10.8. The van der Waals surface area contributed by atoms with Crippen LogP contribution in [0.25, 0.3) is 0 Å². The van der Waals surface area contributed by atoms with Gasteiger partial charge < -0.3 is 10.2 Å². The van der Waals surface area contributed by atoms with Crippen LogP contribution in [0.1, 0.15) is 15.9 Å². The van der Waals surface area contributed by atoms with Crippen LogP contribution in [0.4, 0.5) is 5.69 Å². The Hall–Kier alpha value is -2.53. The van der Waals surface area contributed by atoms with Gasteiger partial charge in [0.2, 0.25) is 0 Å². The zero-order valence-corrected chi connectivity index (χ0v) is 11.0. The molecule has 0 radical (unpaired) electrons. The third-order valence-corrected chi connectivity index (χ3v) is 2.87. The van der Waals surface area contributed by atoms with Gasteiger partial charge in [0.05, 0.1) is 22.5 Å². The summed E-state index contributed by atoms with van der Waals surface area (Å²) in [6.07, 6.45) is 1.32. The van der Waals surface area contributed by atoms with Crippen molar-refractivity contribution in [2.45, 2.75) is 0 Å². The number of nitrogens with one attached hydrogen (secondary N) is 1. The number of anilines is 1. The lowest BCUT2D eigenvalue weighted by Gasteiger charge is -2.03. The van der Waals surface area contributed by atoms with Crippen LogP contribution in [0.5, 0.6) is 5.75 Å². The normalized spacial score (nSPS) is 10.7. The molecule has 20 heavy (non-hydrogen) atoms. The first-order valence-corrected chi connectivity index (χ1v) is 6.05. The molecule has 3 N–H and O–H groups in total. The molecule has 0 bridgehead atoms. The molecule has 0 aromatic heterocycles. The largest absolute Gasteiger partial charge is 0.507 e. The smallest absolute Gasteiger partial charge is 0.335 e. The molecule has 0 aliphatic carbocycles. The van der Waals surface area contributed by atoms with Crippen LogP contribution in [0.2, 0.25) is 5.02 Å². The first-order valence-electron chi connectivity index (χ1n) is 5.68. The van der Waals surface area contributed by atoms with E-state index in [0.717, 1.165) is 0 Å². The van der Waals surface area contributed by atoms with Crippen molar-refractivity contribution in [3.8, 4) is 5.75 Å². The Morgan fingerprint density at radius 1 is 1.25 bits per heavy atom. The Labute approximate surface area is 120 Å². The van der Waals surface area contributed by atoms with Gasteiger partial charge in [0.25, 0.3) is 0 Å². The third-order valence-electron chi connectivity index (χ3n) is 2.54. The van der Waals surface area contributed by atoms with E-state index < -0.39 is 5.97 Å². The molecule has 0 aliphatic rings. The van der Waals surface area contributed by atoms with Crippen LogP contribution in [0.15, 0.2) is 47.6 Å². The standard InChI is InChI=1S/C14H11ClN2O3/c15-11-3-1-2-4-12(11)17-16-8-10-7-9(14(19)20)5-6-13(10)18/h1-8,17-18H,(H,19,20). The second-order valence-corrected chi connectivity index (χ2v) is 4.34. The zero-order valence-electron chi connectivity index (χ0n) is 10.2. The molecular weight excluding hydrogens is 280 g/mol. The van der Waals surface area contributed by atoms with Crippen molar-refractivity contribution in [1.82, 2.24) is 0 Å². The number of aromatic carboxylic acids is 1. The lowest BCUT2D eigenvalue weighted by atomic mass is 10.1. The molecule has 0 spiro atoms. The second kappa shape index (κ2) is 6.08. The number of benzene rings is 2. The van der Waals surface area contributed by atoms with E-state index in [1.807, 2.05) is 0 Å². The topological polar surface area (TPSA) is 81.9 Å². The van der Waals surface area contributed by atoms with Crippen molar-refractivity contribution in [2.75, 3.05) is 5.43 Å². The van der Waals surface area contributed by atoms with Crippen molar-refractivity contribution >= 4 is 29.5 Å². The molecule has 5 nitrogen and oxygen atoms in total. The van der Waals surface area contributed by atoms with E-state index in [1.54, 1.807) is 24.3 Å². The Bertz CT molecular complexity index is 671. The number of hydrazone groups is 1. The number of halogens is 1. The zero-order chi connectivity index (χ0) is 14.5. The number of aromatic hydroxyl groups is 1. The fraction of sp³-hybridized carbons (Fsp3) is 0. The fourth-order valence-corrected chi connectivity index (χ4v) is 1.69. The minimum absolute atomic E-state index is 0.0558. The van der Waals surface area contributed by atoms with Crippen molar-refractivity contribution in [1.29, 1.82) is 0 Å². The van der Waals surface area contributed by atoms with Crippen LogP contribution in [-0.4, -0.2) is 22.4 Å². The molecule has 0 atom stereocenters. The molecule has 2 aromatic carbocycles. The molecule has 0 heterocycles. The average Bonchev–Trinajstić information content (AvgIpc) is 2.42. The molecule has 0 saturated heterocycles. The Kier molecular flexibility index (Phi) is 4.22. The quantitative estimate of drug-likeness (QED) is 0.596. The minimum Gasteiger partial charge on any atom is -0.507 e. The second-order valence-electron chi connectivity index (χ2n) is 3.93. The molecule has 0 aliphatic heterocycles. The summed E-state index contributed by atoms with van der Waals surface area (Å²) in [6, 6.07) is 11.0. The first kappa shape index (κ1) is 13.9. The first-order chi connectivity index (χ1) is 9.58. The minimum atomic E-state index is -1.07. The van der Waals surface area contributed by atoms with Gasteiger partial charge in [0.1, 0.15) is 5.75 Å². The Morgan fingerprint density at radius 3 is 2.70 bits per heavy atom. The number of nitrogens with zero attached hydrogens (tertiary/aromatic N) is 1.